The molecule has 1 atom stereocenters. The zero-order valence-electron chi connectivity index (χ0n) is 8.33. The average molecular weight is 255 g/mol. The Labute approximate surface area is 94.3 Å². The fraction of sp³-hybridized carbons (Fsp3) is 0.455. The molecule has 1 aliphatic carbocycles. The van der Waals surface area contributed by atoms with Crippen molar-refractivity contribution in [3.63, 3.8) is 0 Å². The average Bonchev–Trinajstić information content (AvgIpc) is 2.71. The van der Waals surface area contributed by atoms with Crippen LogP contribution < -0.4 is 0 Å². The molecule has 0 bridgehead atoms. The van der Waals surface area contributed by atoms with E-state index in [-0.39, 0.29) is 0 Å². The first-order chi connectivity index (χ1) is 6.68. The highest BCUT2D eigenvalue weighted by atomic mass is 79.9. The van der Waals surface area contributed by atoms with Crippen molar-refractivity contribution in [2.45, 2.75) is 19.9 Å². The summed E-state index contributed by atoms with van der Waals surface area (Å²) < 4.78 is 5.57. The molecule has 0 aromatic heterocycles. The van der Waals surface area contributed by atoms with Crippen molar-refractivity contribution in [2.75, 3.05) is 6.61 Å². The van der Waals surface area contributed by atoms with E-state index < -0.39 is 0 Å². The topological polar surface area (TPSA) is 21.6 Å². The van der Waals surface area contributed by atoms with Crippen LogP contribution in [-0.4, -0.2) is 18.5 Å². The largest absolute Gasteiger partial charge is 0.478 e. The third-order valence-electron chi connectivity index (χ3n) is 2.44. The predicted octanol–water partition coefficient (Wildman–Crippen LogP) is 2.57. The molecule has 75 valence electrons. The Morgan fingerprint density at radius 3 is 2.79 bits per heavy atom. The summed E-state index contributed by atoms with van der Waals surface area (Å²) in [5, 5.41) is 0. The van der Waals surface area contributed by atoms with E-state index in [9.17, 15) is 0 Å². The van der Waals surface area contributed by atoms with Crippen LogP contribution in [0, 0.1) is 35.9 Å². The lowest BCUT2D eigenvalue weighted by molar-refractivity contribution is 0.289. The number of hydrogen-bond donors (Lipinski definition) is 0. The van der Waals surface area contributed by atoms with Crippen molar-refractivity contribution in [1.82, 2.24) is 0 Å². The van der Waals surface area contributed by atoms with Crippen LogP contribution in [0.2, 0.25) is 0 Å². The maximum absolute atomic E-state index is 5.57. The van der Waals surface area contributed by atoms with Gasteiger partial charge in [0.05, 0.1) is 16.8 Å². The second-order valence-electron chi connectivity index (χ2n) is 3.84. The van der Waals surface area contributed by atoms with E-state index in [2.05, 4.69) is 34.8 Å². The lowest BCUT2D eigenvalue weighted by Crippen LogP contribution is -2.14. The van der Waals surface area contributed by atoms with E-state index in [0.717, 1.165) is 16.6 Å². The third-order valence-corrected chi connectivity index (χ3v) is 3.13. The van der Waals surface area contributed by atoms with E-state index in [1.165, 1.54) is 0 Å². The van der Waals surface area contributed by atoms with Gasteiger partial charge in [-0.05, 0) is 25.2 Å². The van der Waals surface area contributed by atoms with Crippen molar-refractivity contribution in [3.05, 3.63) is 30.0 Å². The fourth-order valence-corrected chi connectivity index (χ4v) is 1.90. The van der Waals surface area contributed by atoms with Crippen LogP contribution in [0.3, 0.4) is 0 Å². The SMILES string of the molecule is CC(C)[C@H]1COC([C]2[CH][CH][CH][C]2Br)=N1. The Morgan fingerprint density at radius 1 is 1.50 bits per heavy atom. The van der Waals surface area contributed by atoms with Crippen molar-refractivity contribution < 1.29 is 4.74 Å². The summed E-state index contributed by atoms with van der Waals surface area (Å²) in [5.41, 5.74) is 0. The number of nitrogens with zero attached hydrogens (tertiary/aromatic N) is 1. The molecular formula is C11H13BrNO. The summed E-state index contributed by atoms with van der Waals surface area (Å²) in [6.45, 7) is 5.05. The van der Waals surface area contributed by atoms with E-state index in [1.54, 1.807) is 0 Å². The molecule has 5 radical (unpaired) electrons. The predicted molar refractivity (Wildman–Crippen MR) is 60.3 cm³/mol. The normalized spacial score (nSPS) is 29.7. The summed E-state index contributed by atoms with van der Waals surface area (Å²) in [4.78, 5) is 5.61. The van der Waals surface area contributed by atoms with Gasteiger partial charge in [-0.25, -0.2) is 4.99 Å². The molecule has 14 heavy (non-hydrogen) atoms. The van der Waals surface area contributed by atoms with Crippen LogP contribution in [0.5, 0.6) is 0 Å². The Bertz CT molecular complexity index is 239. The Kier molecular flexibility index (Phi) is 3.15. The standard InChI is InChI=1S/C11H13BrNO/c1-7(2)10-6-14-11(13-10)8-4-3-5-9(8)12/h3-5,7,10H,6H2,1-2H3/t10-/m1/s1. The third kappa shape index (κ3) is 1.97. The number of halogens is 1. The van der Waals surface area contributed by atoms with Crippen LogP contribution in [0.25, 0.3) is 0 Å². The number of rotatable bonds is 2. The lowest BCUT2D eigenvalue weighted by Gasteiger charge is -2.10. The second-order valence-corrected chi connectivity index (χ2v) is 4.70. The van der Waals surface area contributed by atoms with E-state index >= 15 is 0 Å². The van der Waals surface area contributed by atoms with Crippen molar-refractivity contribution in [2.24, 2.45) is 10.9 Å². The molecule has 1 aliphatic heterocycles. The molecule has 1 heterocycles. The quantitative estimate of drug-likeness (QED) is 0.743. The first-order valence-electron chi connectivity index (χ1n) is 4.80. The molecular weight excluding hydrogens is 242 g/mol. The van der Waals surface area contributed by atoms with Crippen LogP contribution in [0.4, 0.5) is 0 Å². The minimum absolute atomic E-state index is 0.312. The first-order valence-corrected chi connectivity index (χ1v) is 5.60. The Hall–Kier alpha value is -0.0500. The van der Waals surface area contributed by atoms with Gasteiger partial charge in [-0.15, -0.1) is 0 Å². The molecule has 0 aromatic carbocycles. The molecule has 2 rings (SSSR count). The van der Waals surface area contributed by atoms with Crippen LogP contribution in [-0.2, 0) is 4.74 Å². The van der Waals surface area contributed by atoms with Gasteiger partial charge in [0.1, 0.15) is 6.61 Å². The van der Waals surface area contributed by atoms with Gasteiger partial charge in [-0.2, -0.15) is 0 Å². The van der Waals surface area contributed by atoms with Crippen LogP contribution in [0.1, 0.15) is 13.8 Å². The molecule has 2 nitrogen and oxygen atoms in total. The zero-order valence-corrected chi connectivity index (χ0v) is 9.91. The second kappa shape index (κ2) is 4.21. The monoisotopic (exact) mass is 254 g/mol. The molecule has 0 spiro atoms. The maximum atomic E-state index is 5.57. The van der Waals surface area contributed by atoms with Gasteiger partial charge in [0.25, 0.3) is 0 Å². The van der Waals surface area contributed by atoms with E-state index in [0.29, 0.717) is 18.6 Å². The van der Waals surface area contributed by atoms with Crippen LogP contribution in [0.15, 0.2) is 4.99 Å². The molecule has 0 saturated heterocycles. The fourth-order valence-electron chi connectivity index (χ4n) is 1.45. The molecule has 0 unspecified atom stereocenters. The maximum Gasteiger partial charge on any atom is 0.193 e. The van der Waals surface area contributed by atoms with Gasteiger partial charge in [-0.1, -0.05) is 29.8 Å². The number of ether oxygens (including phenoxy) is 1. The molecule has 2 aliphatic rings. The van der Waals surface area contributed by atoms with Crippen molar-refractivity contribution in [1.29, 1.82) is 0 Å². The number of hydrogen-bond acceptors (Lipinski definition) is 2. The molecule has 0 aromatic rings. The van der Waals surface area contributed by atoms with Crippen LogP contribution >= 0.6 is 15.9 Å². The first kappa shape index (κ1) is 10.5. The van der Waals surface area contributed by atoms with Gasteiger partial charge in [-0.3, -0.25) is 0 Å². The highest BCUT2D eigenvalue weighted by molar-refractivity contribution is 9.11. The van der Waals surface area contributed by atoms with Gasteiger partial charge in [0.15, 0.2) is 5.90 Å². The van der Waals surface area contributed by atoms with Crippen molar-refractivity contribution in [3.8, 4) is 0 Å². The molecule has 3 heteroatoms. The van der Waals surface area contributed by atoms with Gasteiger partial charge in [0.2, 0.25) is 0 Å². The summed E-state index contributed by atoms with van der Waals surface area (Å²) in [7, 11) is 0. The molecule has 0 N–H and O–H groups in total. The highest BCUT2D eigenvalue weighted by Gasteiger charge is 2.36. The smallest absolute Gasteiger partial charge is 0.193 e. The zero-order chi connectivity index (χ0) is 10.1. The summed E-state index contributed by atoms with van der Waals surface area (Å²) in [5.74, 6) is 2.38. The minimum atomic E-state index is 0.312. The van der Waals surface area contributed by atoms with E-state index in [4.69, 9.17) is 4.74 Å². The summed E-state index contributed by atoms with van der Waals surface area (Å²) >= 11 is 3.47. The lowest BCUT2D eigenvalue weighted by atomic mass is 10.1. The van der Waals surface area contributed by atoms with Gasteiger partial charge in [0, 0.05) is 0 Å². The van der Waals surface area contributed by atoms with E-state index in [1.807, 2.05) is 19.3 Å². The summed E-state index contributed by atoms with van der Waals surface area (Å²) in [6.07, 6.45) is 6.02. The number of aliphatic imine (C=N–C) groups is 1. The summed E-state index contributed by atoms with van der Waals surface area (Å²) in [6, 6.07) is 0.312. The Morgan fingerprint density at radius 2 is 2.29 bits per heavy atom. The minimum Gasteiger partial charge on any atom is -0.478 e. The molecule has 1 fully saturated rings. The van der Waals surface area contributed by atoms with Gasteiger partial charge < -0.3 is 4.74 Å². The molecule has 0 amide bonds. The highest BCUT2D eigenvalue weighted by Crippen LogP contribution is 2.40. The Balaban J connectivity index is 2.02. The van der Waals surface area contributed by atoms with Gasteiger partial charge >= 0.3 is 0 Å². The molecule has 1 saturated carbocycles. The van der Waals surface area contributed by atoms with Crippen molar-refractivity contribution >= 4 is 21.8 Å².